The van der Waals surface area contributed by atoms with Gasteiger partial charge in [0.1, 0.15) is 27.5 Å². The number of hydrogen-bond donors (Lipinski definition) is 1. The van der Waals surface area contributed by atoms with Gasteiger partial charge in [-0.25, -0.2) is 18.4 Å². The van der Waals surface area contributed by atoms with Crippen LogP contribution in [-0.4, -0.2) is 29.6 Å². The third-order valence-electron chi connectivity index (χ3n) is 4.27. The number of aryl methyl sites for hydroxylation is 2. The lowest BCUT2D eigenvalue weighted by molar-refractivity contribution is 0.298. The van der Waals surface area contributed by atoms with Crippen molar-refractivity contribution in [3.8, 4) is 17.0 Å². The number of aromatic nitrogens is 3. The molecule has 1 aliphatic rings. The minimum Gasteiger partial charge on any atom is -0.489 e. The van der Waals surface area contributed by atoms with Crippen molar-refractivity contribution in [2.45, 2.75) is 31.9 Å². The van der Waals surface area contributed by atoms with E-state index in [0.29, 0.717) is 35.1 Å². The van der Waals surface area contributed by atoms with E-state index in [2.05, 4.69) is 9.97 Å². The van der Waals surface area contributed by atoms with Crippen LogP contribution in [0.1, 0.15) is 36.4 Å². The first-order valence-electron chi connectivity index (χ1n) is 8.17. The molecule has 3 rings (SSSR count). The second-order valence-electron chi connectivity index (χ2n) is 6.48. The molecule has 1 aliphatic carbocycles. The zero-order valence-corrected chi connectivity index (χ0v) is 15.3. The maximum atomic E-state index is 11.9. The van der Waals surface area contributed by atoms with E-state index < -0.39 is 16.0 Å². The van der Waals surface area contributed by atoms with Crippen molar-refractivity contribution in [3.63, 3.8) is 0 Å². The van der Waals surface area contributed by atoms with Gasteiger partial charge < -0.3 is 9.30 Å². The summed E-state index contributed by atoms with van der Waals surface area (Å²) in [6, 6.07) is 1.74. The van der Waals surface area contributed by atoms with Crippen molar-refractivity contribution in [1.29, 1.82) is 0 Å². The first-order chi connectivity index (χ1) is 11.9. The quantitative estimate of drug-likeness (QED) is 0.784. The highest BCUT2D eigenvalue weighted by Crippen LogP contribution is 2.33. The Balaban J connectivity index is 2.08. The summed E-state index contributed by atoms with van der Waals surface area (Å²) in [6.45, 7) is 3.86. The smallest absolute Gasteiger partial charge is 0.253 e. The molecule has 1 atom stereocenters. The fourth-order valence-corrected chi connectivity index (χ4v) is 2.80. The molecule has 1 unspecified atom stereocenters. The Morgan fingerprint density at radius 3 is 2.72 bits per heavy atom. The van der Waals surface area contributed by atoms with Crippen LogP contribution in [-0.2, 0) is 17.8 Å². The number of ether oxygens (including phenoxy) is 1. The van der Waals surface area contributed by atoms with Gasteiger partial charge in [-0.05, 0) is 38.7 Å². The average molecular weight is 363 g/mol. The summed E-state index contributed by atoms with van der Waals surface area (Å²) < 4.78 is 29.9. The lowest BCUT2D eigenvalue weighted by Gasteiger charge is -2.14. The summed E-state index contributed by atoms with van der Waals surface area (Å²) in [7, 11) is -1.01. The Hall–Kier alpha value is -2.22. The summed E-state index contributed by atoms with van der Waals surface area (Å²) in [5.41, 5.74) is 1.70. The van der Waals surface area contributed by atoms with Gasteiger partial charge in [-0.2, -0.15) is 0 Å². The number of hydrogen-bond acceptors (Lipinski definition) is 6. The highest BCUT2D eigenvalue weighted by atomic mass is 32.2. The van der Waals surface area contributed by atoms with Gasteiger partial charge in [0.2, 0.25) is 0 Å². The Morgan fingerprint density at radius 2 is 2.12 bits per heavy atom. The van der Waals surface area contributed by atoms with Gasteiger partial charge in [0, 0.05) is 24.4 Å². The topological polar surface area (TPSA) is 91.2 Å². The largest absolute Gasteiger partial charge is 0.489 e. The van der Waals surface area contributed by atoms with Crippen molar-refractivity contribution in [1.82, 2.24) is 14.5 Å². The van der Waals surface area contributed by atoms with Crippen LogP contribution >= 0.6 is 0 Å². The van der Waals surface area contributed by atoms with Crippen LogP contribution in [0.2, 0.25) is 0 Å². The van der Waals surface area contributed by atoms with E-state index in [-0.39, 0.29) is 11.4 Å². The predicted molar refractivity (Wildman–Crippen MR) is 94.4 cm³/mol. The summed E-state index contributed by atoms with van der Waals surface area (Å²) >= 11 is 0. The van der Waals surface area contributed by atoms with Gasteiger partial charge in [0.25, 0.3) is 5.56 Å². The molecule has 1 fully saturated rings. The molecule has 0 spiro atoms. The molecule has 2 aromatic rings. The highest BCUT2D eigenvalue weighted by Gasteiger charge is 2.24. The van der Waals surface area contributed by atoms with Crippen molar-refractivity contribution in [2.75, 3.05) is 6.61 Å². The number of thiol groups is 1. The Labute approximate surface area is 147 Å². The summed E-state index contributed by atoms with van der Waals surface area (Å²) in [4.78, 5) is 20.5. The van der Waals surface area contributed by atoms with Gasteiger partial charge in [-0.15, -0.1) is 0 Å². The van der Waals surface area contributed by atoms with Crippen molar-refractivity contribution >= 4 is 10.7 Å². The van der Waals surface area contributed by atoms with Crippen LogP contribution in [0.5, 0.6) is 5.75 Å². The maximum absolute atomic E-state index is 11.9. The average Bonchev–Trinajstić information content (AvgIpc) is 3.41. The maximum Gasteiger partial charge on any atom is 0.253 e. The molecule has 0 aliphatic heterocycles. The van der Waals surface area contributed by atoms with Crippen LogP contribution in [0.15, 0.2) is 23.3 Å². The SMILES string of the molecule is Cc1cc(-c2nc(C(C)[SH](=O)=O)ncc2OCC2CC2)cn(C)c1=O. The molecule has 7 nitrogen and oxygen atoms in total. The van der Waals surface area contributed by atoms with E-state index in [1.54, 1.807) is 33.2 Å². The first-order valence-corrected chi connectivity index (χ1v) is 9.42. The van der Waals surface area contributed by atoms with Crippen molar-refractivity contribution < 1.29 is 13.2 Å². The van der Waals surface area contributed by atoms with Gasteiger partial charge >= 0.3 is 0 Å². The normalized spacial score (nSPS) is 15.4. The van der Waals surface area contributed by atoms with Gasteiger partial charge in [0.15, 0.2) is 5.75 Å². The lowest BCUT2D eigenvalue weighted by atomic mass is 10.1. The summed E-state index contributed by atoms with van der Waals surface area (Å²) in [5, 5.41) is -0.792. The molecular weight excluding hydrogens is 342 g/mol. The number of nitrogens with zero attached hydrogens (tertiary/aromatic N) is 3. The molecular formula is C17H21N3O4S. The van der Waals surface area contributed by atoms with Gasteiger partial charge in [-0.3, -0.25) is 4.79 Å². The molecule has 25 heavy (non-hydrogen) atoms. The molecule has 0 amide bonds. The molecule has 2 heterocycles. The van der Waals surface area contributed by atoms with E-state index >= 15 is 0 Å². The second-order valence-corrected chi connectivity index (χ2v) is 7.83. The highest BCUT2D eigenvalue weighted by molar-refractivity contribution is 7.72. The third kappa shape index (κ3) is 3.89. The minimum atomic E-state index is -2.68. The van der Waals surface area contributed by atoms with Crippen LogP contribution in [0.25, 0.3) is 11.3 Å². The Morgan fingerprint density at radius 1 is 1.40 bits per heavy atom. The standard InChI is InChI=1S/C17H21N3O4S/c1-10-6-13(8-20(3)17(10)21)15-14(24-9-12-4-5-12)7-18-16(19-15)11(2)25(22)23/h6-8,11-12,25H,4-5,9H2,1-3H3. The monoisotopic (exact) mass is 363 g/mol. The van der Waals surface area contributed by atoms with E-state index in [4.69, 9.17) is 4.74 Å². The number of rotatable bonds is 6. The zero-order valence-electron chi connectivity index (χ0n) is 14.4. The molecule has 0 N–H and O–H groups in total. The fourth-order valence-electron chi connectivity index (χ4n) is 2.49. The molecule has 2 aromatic heterocycles. The fraction of sp³-hybridized carbons (Fsp3) is 0.471. The van der Waals surface area contributed by atoms with Gasteiger partial charge in [-0.1, -0.05) is 0 Å². The molecule has 8 heteroatoms. The predicted octanol–water partition coefficient (Wildman–Crippen LogP) is 1.61. The molecule has 0 saturated heterocycles. The van der Waals surface area contributed by atoms with E-state index in [1.165, 1.54) is 10.8 Å². The Bertz CT molecular complexity index is 898. The molecule has 0 aromatic carbocycles. The van der Waals surface area contributed by atoms with Crippen LogP contribution in [0, 0.1) is 12.8 Å². The third-order valence-corrected chi connectivity index (χ3v) is 5.13. The molecule has 134 valence electrons. The van der Waals surface area contributed by atoms with Crippen LogP contribution < -0.4 is 10.3 Å². The minimum absolute atomic E-state index is 0.0884. The van der Waals surface area contributed by atoms with E-state index in [0.717, 1.165) is 12.8 Å². The zero-order chi connectivity index (χ0) is 18.1. The molecule has 0 bridgehead atoms. The van der Waals surface area contributed by atoms with Gasteiger partial charge in [0.05, 0.1) is 12.8 Å². The first kappa shape index (κ1) is 17.6. The second kappa shape index (κ2) is 6.95. The van der Waals surface area contributed by atoms with E-state index in [1.807, 2.05) is 0 Å². The van der Waals surface area contributed by atoms with Crippen LogP contribution in [0.4, 0.5) is 0 Å². The molecule has 0 radical (unpaired) electrons. The summed E-state index contributed by atoms with van der Waals surface area (Å²) in [6.07, 6.45) is 5.50. The van der Waals surface area contributed by atoms with Crippen molar-refractivity contribution in [2.24, 2.45) is 13.0 Å². The Kier molecular flexibility index (Phi) is 4.89. The van der Waals surface area contributed by atoms with Crippen molar-refractivity contribution in [3.05, 3.63) is 40.2 Å². The number of pyridine rings is 1. The van der Waals surface area contributed by atoms with E-state index in [9.17, 15) is 13.2 Å². The lowest BCUT2D eigenvalue weighted by Crippen LogP contribution is -2.18. The summed E-state index contributed by atoms with van der Waals surface area (Å²) in [5.74, 6) is 1.28. The van der Waals surface area contributed by atoms with Crippen LogP contribution in [0.3, 0.4) is 0 Å². The molecule has 1 saturated carbocycles.